The molecule has 0 fully saturated rings. The summed E-state index contributed by atoms with van der Waals surface area (Å²) in [5, 5.41) is 2.65. The lowest BCUT2D eigenvalue weighted by molar-refractivity contribution is -0.142. The first-order valence-electron chi connectivity index (χ1n) is 7.56. The summed E-state index contributed by atoms with van der Waals surface area (Å²) in [6.45, 7) is 1.61. The maximum atomic E-state index is 13.4. The van der Waals surface area contributed by atoms with Gasteiger partial charge in [-0.3, -0.25) is 4.79 Å². The smallest absolute Gasteiger partial charge is 0.331 e. The van der Waals surface area contributed by atoms with Crippen LogP contribution in [0.3, 0.4) is 0 Å². The monoisotopic (exact) mass is 327 g/mol. The number of halogens is 1. The van der Waals surface area contributed by atoms with Crippen LogP contribution in [-0.2, 0) is 20.7 Å². The predicted octanol–water partition coefficient (Wildman–Crippen LogP) is 3.58. The summed E-state index contributed by atoms with van der Waals surface area (Å²) in [7, 11) is 0. The highest BCUT2D eigenvalue weighted by atomic mass is 19.1. The van der Waals surface area contributed by atoms with E-state index in [1.807, 2.05) is 25.1 Å². The molecule has 0 heterocycles. The Balaban J connectivity index is 1.83. The van der Waals surface area contributed by atoms with Gasteiger partial charge in [0.25, 0.3) is 5.91 Å². The number of anilines is 1. The van der Waals surface area contributed by atoms with Crippen molar-refractivity contribution in [3.8, 4) is 0 Å². The highest BCUT2D eigenvalue weighted by Crippen LogP contribution is 2.11. The van der Waals surface area contributed by atoms with Gasteiger partial charge < -0.3 is 10.1 Å². The summed E-state index contributed by atoms with van der Waals surface area (Å²) in [6, 6.07) is 13.5. The van der Waals surface area contributed by atoms with E-state index in [4.69, 9.17) is 4.74 Å². The molecule has 5 heteroatoms. The molecule has 24 heavy (non-hydrogen) atoms. The van der Waals surface area contributed by atoms with E-state index in [0.29, 0.717) is 5.69 Å². The third-order valence-electron chi connectivity index (χ3n) is 3.27. The Bertz CT molecular complexity index is 756. The maximum absolute atomic E-state index is 13.4. The molecule has 4 nitrogen and oxygen atoms in total. The fourth-order valence-electron chi connectivity index (χ4n) is 2.02. The van der Waals surface area contributed by atoms with E-state index in [0.717, 1.165) is 18.1 Å². The summed E-state index contributed by atoms with van der Waals surface area (Å²) >= 11 is 0. The summed E-state index contributed by atoms with van der Waals surface area (Å²) in [4.78, 5) is 23.3. The average Bonchev–Trinajstić information content (AvgIpc) is 2.59. The molecule has 0 aliphatic heterocycles. The fraction of sp³-hybridized carbons (Fsp3) is 0.158. The largest absolute Gasteiger partial charge is 0.452 e. The van der Waals surface area contributed by atoms with Crippen LogP contribution in [0.4, 0.5) is 10.1 Å². The number of carbonyl (C=O) groups is 2. The van der Waals surface area contributed by atoms with Gasteiger partial charge in [0.2, 0.25) is 0 Å². The number of ether oxygens (including phenoxy) is 1. The normalized spacial score (nSPS) is 10.6. The van der Waals surface area contributed by atoms with Crippen molar-refractivity contribution in [1.82, 2.24) is 0 Å². The van der Waals surface area contributed by atoms with Gasteiger partial charge in [-0.1, -0.05) is 37.3 Å². The molecular formula is C19H18FNO3. The molecule has 0 radical (unpaired) electrons. The Kier molecular flexibility index (Phi) is 6.25. The SMILES string of the molecule is CCc1cccc(NC(=O)COC(=O)/C=C/c2ccccc2F)c1. The number of carbonyl (C=O) groups excluding carboxylic acids is 2. The standard InChI is InChI=1S/C19H18FNO3/c1-2-14-6-5-8-16(12-14)21-18(22)13-24-19(23)11-10-15-7-3-4-9-17(15)20/h3-12H,2,13H2,1H3,(H,21,22)/b11-10+. The summed E-state index contributed by atoms with van der Waals surface area (Å²) in [5.41, 5.74) is 2.02. The molecule has 0 bridgehead atoms. The Morgan fingerprint density at radius 1 is 1.17 bits per heavy atom. The molecule has 0 aromatic heterocycles. The van der Waals surface area contributed by atoms with Crippen LogP contribution >= 0.6 is 0 Å². The van der Waals surface area contributed by atoms with Gasteiger partial charge in [0.15, 0.2) is 6.61 Å². The zero-order valence-corrected chi connectivity index (χ0v) is 13.3. The zero-order chi connectivity index (χ0) is 17.4. The van der Waals surface area contributed by atoms with Gasteiger partial charge in [-0.15, -0.1) is 0 Å². The van der Waals surface area contributed by atoms with E-state index in [1.54, 1.807) is 18.2 Å². The van der Waals surface area contributed by atoms with Crippen LogP contribution < -0.4 is 5.32 Å². The third kappa shape index (κ3) is 5.35. The van der Waals surface area contributed by atoms with E-state index < -0.39 is 24.3 Å². The second-order valence-corrected chi connectivity index (χ2v) is 5.06. The second kappa shape index (κ2) is 8.62. The van der Waals surface area contributed by atoms with E-state index in [2.05, 4.69) is 5.32 Å². The van der Waals surface area contributed by atoms with Gasteiger partial charge in [-0.25, -0.2) is 9.18 Å². The minimum absolute atomic E-state index is 0.273. The van der Waals surface area contributed by atoms with Crippen LogP contribution in [0.25, 0.3) is 6.08 Å². The minimum atomic E-state index is -0.712. The number of aryl methyl sites for hydroxylation is 1. The predicted molar refractivity (Wildman–Crippen MR) is 90.8 cm³/mol. The van der Waals surface area contributed by atoms with E-state index in [1.165, 1.54) is 18.2 Å². The summed E-state index contributed by atoms with van der Waals surface area (Å²) in [5.74, 6) is -1.58. The first kappa shape index (κ1) is 17.4. The number of hydrogen-bond donors (Lipinski definition) is 1. The van der Waals surface area contributed by atoms with Crippen molar-refractivity contribution in [1.29, 1.82) is 0 Å². The number of nitrogens with one attached hydrogen (secondary N) is 1. The number of benzene rings is 2. The molecule has 0 aliphatic rings. The number of hydrogen-bond acceptors (Lipinski definition) is 3. The highest BCUT2D eigenvalue weighted by molar-refractivity contribution is 5.94. The fourth-order valence-corrected chi connectivity index (χ4v) is 2.02. The molecule has 2 aromatic rings. The lowest BCUT2D eigenvalue weighted by atomic mass is 10.1. The van der Waals surface area contributed by atoms with E-state index in [-0.39, 0.29) is 5.56 Å². The molecule has 0 saturated carbocycles. The first-order valence-corrected chi connectivity index (χ1v) is 7.56. The zero-order valence-electron chi connectivity index (χ0n) is 13.3. The lowest BCUT2D eigenvalue weighted by Crippen LogP contribution is -2.20. The Morgan fingerprint density at radius 3 is 2.71 bits per heavy atom. The van der Waals surface area contributed by atoms with Crippen molar-refractivity contribution in [2.45, 2.75) is 13.3 Å². The Hall–Kier alpha value is -2.95. The Labute approximate surface area is 140 Å². The van der Waals surface area contributed by atoms with E-state index >= 15 is 0 Å². The van der Waals surface area contributed by atoms with Gasteiger partial charge >= 0.3 is 5.97 Å². The number of rotatable bonds is 6. The molecule has 0 aliphatic carbocycles. The van der Waals surface area contributed by atoms with Crippen LogP contribution in [0, 0.1) is 5.82 Å². The molecule has 0 unspecified atom stereocenters. The van der Waals surface area contributed by atoms with Crippen molar-refractivity contribution in [3.05, 3.63) is 71.6 Å². The molecule has 2 aromatic carbocycles. The highest BCUT2D eigenvalue weighted by Gasteiger charge is 2.06. The molecule has 0 spiro atoms. The van der Waals surface area contributed by atoms with Gasteiger partial charge in [-0.05, 0) is 36.3 Å². The molecule has 1 N–H and O–H groups in total. The first-order chi connectivity index (χ1) is 11.6. The topological polar surface area (TPSA) is 55.4 Å². The maximum Gasteiger partial charge on any atom is 0.331 e. The number of esters is 1. The van der Waals surface area contributed by atoms with Crippen LogP contribution in [0.1, 0.15) is 18.1 Å². The van der Waals surface area contributed by atoms with Crippen LogP contribution in [0.2, 0.25) is 0 Å². The van der Waals surface area contributed by atoms with Crippen LogP contribution in [0.5, 0.6) is 0 Å². The minimum Gasteiger partial charge on any atom is -0.452 e. The van der Waals surface area contributed by atoms with Crippen molar-refractivity contribution in [2.75, 3.05) is 11.9 Å². The quantitative estimate of drug-likeness (QED) is 0.652. The van der Waals surface area contributed by atoms with Crippen molar-refractivity contribution in [3.63, 3.8) is 0 Å². The lowest BCUT2D eigenvalue weighted by Gasteiger charge is -2.06. The van der Waals surface area contributed by atoms with Crippen molar-refractivity contribution < 1.29 is 18.7 Å². The van der Waals surface area contributed by atoms with Crippen molar-refractivity contribution >= 4 is 23.6 Å². The summed E-state index contributed by atoms with van der Waals surface area (Å²) < 4.78 is 18.2. The van der Waals surface area contributed by atoms with Crippen LogP contribution in [-0.4, -0.2) is 18.5 Å². The van der Waals surface area contributed by atoms with Crippen molar-refractivity contribution in [2.24, 2.45) is 0 Å². The summed E-state index contributed by atoms with van der Waals surface area (Å²) in [6.07, 6.45) is 3.25. The van der Waals surface area contributed by atoms with Gasteiger partial charge in [0.1, 0.15) is 5.82 Å². The second-order valence-electron chi connectivity index (χ2n) is 5.06. The molecule has 124 valence electrons. The third-order valence-corrected chi connectivity index (χ3v) is 3.27. The average molecular weight is 327 g/mol. The molecule has 0 atom stereocenters. The van der Waals surface area contributed by atoms with Crippen LogP contribution in [0.15, 0.2) is 54.6 Å². The van der Waals surface area contributed by atoms with Gasteiger partial charge in [-0.2, -0.15) is 0 Å². The molecular weight excluding hydrogens is 309 g/mol. The Morgan fingerprint density at radius 2 is 1.96 bits per heavy atom. The molecule has 0 saturated heterocycles. The molecule has 1 amide bonds. The van der Waals surface area contributed by atoms with Gasteiger partial charge in [0.05, 0.1) is 0 Å². The molecule has 2 rings (SSSR count). The van der Waals surface area contributed by atoms with Gasteiger partial charge in [0, 0.05) is 17.3 Å². The van der Waals surface area contributed by atoms with E-state index in [9.17, 15) is 14.0 Å². The number of amides is 1.